The molecule has 0 fully saturated rings. The van der Waals surface area contributed by atoms with Crippen molar-refractivity contribution in [3.63, 3.8) is 0 Å². The average Bonchev–Trinajstić information content (AvgIpc) is 2.98. The van der Waals surface area contributed by atoms with E-state index in [-0.39, 0.29) is 30.7 Å². The van der Waals surface area contributed by atoms with Crippen LogP contribution < -0.4 is 16.4 Å². The molecule has 1 atom stereocenters. The Hall–Kier alpha value is -1.90. The number of amides is 1. The Morgan fingerprint density at radius 2 is 1.92 bits per heavy atom. The normalized spacial score (nSPS) is 11.7. The van der Waals surface area contributed by atoms with Crippen molar-refractivity contribution >= 4 is 36.7 Å². The molecule has 4 N–H and O–H groups in total. The molecule has 0 saturated carbocycles. The van der Waals surface area contributed by atoms with Crippen molar-refractivity contribution in [2.75, 3.05) is 11.9 Å². The summed E-state index contributed by atoms with van der Waals surface area (Å²) in [4.78, 5) is 12.3. The number of benzene rings is 1. The molecule has 1 amide bonds. The number of nitrogens with one attached hydrogen (secondary N) is 2. The fourth-order valence-corrected chi connectivity index (χ4v) is 1.97. The molecule has 2 aromatic rings. The van der Waals surface area contributed by atoms with Gasteiger partial charge in [0.1, 0.15) is 6.04 Å². The van der Waals surface area contributed by atoms with Crippen LogP contribution in [0.25, 0.3) is 5.69 Å². The van der Waals surface area contributed by atoms with Gasteiger partial charge in [-0.05, 0) is 42.8 Å². The van der Waals surface area contributed by atoms with Crippen molar-refractivity contribution in [3.05, 3.63) is 30.3 Å². The van der Waals surface area contributed by atoms with Crippen molar-refractivity contribution < 1.29 is 4.79 Å². The lowest BCUT2D eigenvalue weighted by Crippen LogP contribution is -2.49. The van der Waals surface area contributed by atoms with E-state index in [9.17, 15) is 4.79 Å². The van der Waals surface area contributed by atoms with Gasteiger partial charge in [0.15, 0.2) is 0 Å². The lowest BCUT2D eigenvalue weighted by Gasteiger charge is -2.22. The zero-order valence-electron chi connectivity index (χ0n) is 14.5. The Bertz CT molecular complexity index is 643. The number of halogens is 2. The first-order chi connectivity index (χ1) is 10.9. The number of anilines is 1. The average molecular weight is 390 g/mol. The van der Waals surface area contributed by atoms with Gasteiger partial charge in [-0.15, -0.1) is 24.8 Å². The number of aromatic nitrogens is 4. The first-order valence-electron chi connectivity index (χ1n) is 7.57. The van der Waals surface area contributed by atoms with Gasteiger partial charge in [-0.2, -0.15) is 4.68 Å². The molecule has 0 aliphatic rings. The van der Waals surface area contributed by atoms with E-state index in [1.807, 2.05) is 51.1 Å². The van der Waals surface area contributed by atoms with Gasteiger partial charge in [-0.25, -0.2) is 0 Å². The van der Waals surface area contributed by atoms with Crippen molar-refractivity contribution in [2.24, 2.45) is 5.73 Å². The predicted molar refractivity (Wildman–Crippen MR) is 103 cm³/mol. The first-order valence-corrected chi connectivity index (χ1v) is 7.57. The molecule has 2 rings (SSSR count). The van der Waals surface area contributed by atoms with Gasteiger partial charge in [0, 0.05) is 12.1 Å². The molecule has 1 heterocycles. The van der Waals surface area contributed by atoms with E-state index in [4.69, 9.17) is 5.73 Å². The number of carbonyl (C=O) groups excluding carboxylic acids is 1. The second kappa shape index (κ2) is 10.2. The number of nitrogens with zero attached hydrogens (tertiary/aromatic N) is 4. The van der Waals surface area contributed by atoms with Crippen molar-refractivity contribution in [3.8, 4) is 5.69 Å². The van der Waals surface area contributed by atoms with Crippen LogP contribution in [0, 0.1) is 0 Å². The highest BCUT2D eigenvalue weighted by Crippen LogP contribution is 2.12. The lowest BCUT2D eigenvalue weighted by molar-refractivity contribution is -0.122. The molecular weight excluding hydrogens is 365 g/mol. The van der Waals surface area contributed by atoms with E-state index in [2.05, 4.69) is 26.2 Å². The van der Waals surface area contributed by atoms with E-state index in [1.165, 1.54) is 0 Å². The summed E-state index contributed by atoms with van der Waals surface area (Å²) in [5.74, 6) is 0.291. The number of tetrazole rings is 1. The van der Waals surface area contributed by atoms with Crippen LogP contribution in [-0.4, -0.2) is 44.2 Å². The van der Waals surface area contributed by atoms with Crippen LogP contribution in [-0.2, 0) is 4.79 Å². The Balaban J connectivity index is 0.00000288. The first kappa shape index (κ1) is 23.1. The molecular formula is C15H25Cl2N7O. The molecule has 0 aliphatic carbocycles. The predicted octanol–water partition coefficient (Wildman–Crippen LogP) is 1.55. The second-order valence-electron chi connectivity index (χ2n) is 6.06. The highest BCUT2D eigenvalue weighted by molar-refractivity contribution is 5.85. The van der Waals surface area contributed by atoms with Gasteiger partial charge in [-0.1, -0.05) is 30.2 Å². The van der Waals surface area contributed by atoms with Crippen LogP contribution >= 0.6 is 24.8 Å². The Labute approximate surface area is 159 Å². The number of nitrogens with two attached hydrogens (primary N) is 1. The Morgan fingerprint density at radius 1 is 1.28 bits per heavy atom. The molecule has 1 aromatic heterocycles. The number of hydrogen-bond acceptors (Lipinski definition) is 6. The summed E-state index contributed by atoms with van der Waals surface area (Å²) in [6, 6.07) is 9.05. The van der Waals surface area contributed by atoms with Gasteiger partial charge < -0.3 is 16.4 Å². The minimum absolute atomic E-state index is 0. The quantitative estimate of drug-likeness (QED) is 0.662. The van der Waals surface area contributed by atoms with E-state index >= 15 is 0 Å². The molecule has 8 nitrogen and oxygen atoms in total. The van der Waals surface area contributed by atoms with Gasteiger partial charge in [0.2, 0.25) is 11.9 Å². The van der Waals surface area contributed by atoms with Gasteiger partial charge in [-0.3, -0.25) is 4.79 Å². The Kier molecular flexibility index (Phi) is 9.40. The number of carbonyl (C=O) groups is 1. The van der Waals surface area contributed by atoms with E-state index < -0.39 is 11.6 Å². The molecule has 10 heteroatoms. The van der Waals surface area contributed by atoms with Crippen LogP contribution in [0.2, 0.25) is 0 Å². The third-order valence-electron chi connectivity index (χ3n) is 3.22. The summed E-state index contributed by atoms with van der Waals surface area (Å²) < 4.78 is 1.56. The largest absolute Gasteiger partial charge is 0.352 e. The van der Waals surface area contributed by atoms with Crippen LogP contribution in [0.5, 0.6) is 0 Å². The monoisotopic (exact) mass is 389 g/mol. The zero-order chi connectivity index (χ0) is 16.9. The molecule has 0 saturated heterocycles. The molecule has 1 unspecified atom stereocenters. The van der Waals surface area contributed by atoms with Gasteiger partial charge in [0.05, 0.1) is 5.69 Å². The van der Waals surface area contributed by atoms with Crippen molar-refractivity contribution in [1.82, 2.24) is 25.5 Å². The topological polar surface area (TPSA) is 111 Å². The third kappa shape index (κ3) is 6.85. The van der Waals surface area contributed by atoms with E-state index in [1.54, 1.807) is 4.68 Å². The maximum absolute atomic E-state index is 12.3. The lowest BCUT2D eigenvalue weighted by atomic mass is 10.1. The van der Waals surface area contributed by atoms with E-state index in [0.29, 0.717) is 18.9 Å². The highest BCUT2D eigenvalue weighted by Gasteiger charge is 2.21. The number of para-hydroxylation sites is 1. The van der Waals surface area contributed by atoms with Crippen LogP contribution in [0.1, 0.15) is 27.2 Å². The maximum atomic E-state index is 12.3. The number of hydrogen-bond donors (Lipinski definition) is 3. The van der Waals surface area contributed by atoms with E-state index in [0.717, 1.165) is 5.69 Å². The smallest absolute Gasteiger partial charge is 0.248 e. The minimum atomic E-state index is -0.459. The number of rotatable bonds is 7. The van der Waals surface area contributed by atoms with Crippen molar-refractivity contribution in [2.45, 2.75) is 38.8 Å². The molecule has 0 radical (unpaired) electrons. The molecule has 0 spiro atoms. The van der Waals surface area contributed by atoms with Gasteiger partial charge >= 0.3 is 0 Å². The third-order valence-corrected chi connectivity index (χ3v) is 3.22. The minimum Gasteiger partial charge on any atom is -0.352 e. The fraction of sp³-hybridized carbons (Fsp3) is 0.467. The zero-order valence-corrected chi connectivity index (χ0v) is 16.1. The summed E-state index contributed by atoms with van der Waals surface area (Å²) in [7, 11) is 0. The molecule has 1 aromatic carbocycles. The molecule has 0 aliphatic heterocycles. The summed E-state index contributed by atoms with van der Waals surface area (Å²) in [5.41, 5.74) is 6.25. The van der Waals surface area contributed by atoms with Gasteiger partial charge in [0.25, 0.3) is 0 Å². The molecule has 0 bridgehead atoms. The maximum Gasteiger partial charge on any atom is 0.248 e. The molecule has 140 valence electrons. The molecule has 25 heavy (non-hydrogen) atoms. The fourth-order valence-electron chi connectivity index (χ4n) is 1.97. The second-order valence-corrected chi connectivity index (χ2v) is 6.06. The summed E-state index contributed by atoms with van der Waals surface area (Å²) >= 11 is 0. The summed E-state index contributed by atoms with van der Waals surface area (Å²) in [5, 5.41) is 17.5. The highest BCUT2D eigenvalue weighted by atomic mass is 35.5. The van der Waals surface area contributed by atoms with Crippen LogP contribution in [0.4, 0.5) is 5.95 Å². The van der Waals surface area contributed by atoms with Crippen LogP contribution in [0.3, 0.4) is 0 Å². The summed E-state index contributed by atoms with van der Waals surface area (Å²) in [6.07, 6.45) is 0.596. The van der Waals surface area contributed by atoms with Crippen molar-refractivity contribution in [1.29, 1.82) is 0 Å². The Morgan fingerprint density at radius 3 is 2.48 bits per heavy atom. The standard InChI is InChI=1S/C15H23N7O.2ClH/c1-4-12(13(23)17-10-15(2,3)16)18-14-19-20-21-22(14)11-8-6-5-7-9-11;;/h5-9,12H,4,10,16H2,1-3H3,(H,17,23)(H,18,19,21);2*1H. The summed E-state index contributed by atoms with van der Waals surface area (Å²) in [6.45, 7) is 6.03. The SMILES string of the molecule is CCC(Nc1nnnn1-c1ccccc1)C(=O)NCC(C)(C)N.Cl.Cl. The van der Waals surface area contributed by atoms with Crippen LogP contribution in [0.15, 0.2) is 30.3 Å².